The fourth-order valence-electron chi connectivity index (χ4n) is 2.48. The Labute approximate surface area is 112 Å². The molecule has 5 heteroatoms. The highest BCUT2D eigenvalue weighted by atomic mass is 16.3. The van der Waals surface area contributed by atoms with Crippen LogP contribution in [0.25, 0.3) is 0 Å². The average molecular weight is 265 g/mol. The number of benzene rings is 1. The Morgan fingerprint density at radius 3 is 2.84 bits per heavy atom. The number of aliphatic hydroxyl groups excluding tert-OH is 1. The van der Waals surface area contributed by atoms with Crippen LogP contribution in [0, 0.1) is 5.92 Å². The van der Waals surface area contributed by atoms with Gasteiger partial charge < -0.3 is 20.2 Å². The molecule has 2 atom stereocenters. The van der Waals surface area contributed by atoms with Crippen molar-refractivity contribution < 1.29 is 20.1 Å². The van der Waals surface area contributed by atoms with E-state index < -0.39 is 0 Å². The third-order valence-electron chi connectivity index (χ3n) is 3.75. The van der Waals surface area contributed by atoms with E-state index in [9.17, 15) is 20.1 Å². The van der Waals surface area contributed by atoms with Gasteiger partial charge in [0.05, 0.1) is 11.7 Å². The van der Waals surface area contributed by atoms with Crippen LogP contribution in [0.1, 0.15) is 30.1 Å². The minimum absolute atomic E-state index is 0.0668. The highest BCUT2D eigenvalue weighted by Gasteiger charge is 2.30. The van der Waals surface area contributed by atoms with Crippen molar-refractivity contribution in [2.75, 3.05) is 13.1 Å². The summed E-state index contributed by atoms with van der Waals surface area (Å²) in [6.45, 7) is 2.92. The minimum Gasteiger partial charge on any atom is -0.504 e. The smallest absolute Gasteiger partial charge is 0.257 e. The summed E-state index contributed by atoms with van der Waals surface area (Å²) in [5.41, 5.74) is 0.103. The number of aromatic hydroxyl groups is 2. The van der Waals surface area contributed by atoms with Crippen molar-refractivity contribution in [3.8, 4) is 11.5 Å². The van der Waals surface area contributed by atoms with Crippen molar-refractivity contribution in [3.05, 3.63) is 23.8 Å². The van der Waals surface area contributed by atoms with Crippen molar-refractivity contribution >= 4 is 5.91 Å². The molecule has 1 saturated heterocycles. The van der Waals surface area contributed by atoms with Crippen LogP contribution < -0.4 is 0 Å². The van der Waals surface area contributed by atoms with Crippen LogP contribution in [0.3, 0.4) is 0 Å². The first-order valence-corrected chi connectivity index (χ1v) is 6.52. The molecule has 1 fully saturated rings. The molecule has 0 saturated carbocycles. The van der Waals surface area contributed by atoms with E-state index in [1.54, 1.807) is 4.90 Å². The van der Waals surface area contributed by atoms with Crippen molar-refractivity contribution in [1.82, 2.24) is 4.90 Å². The number of carbonyl (C=O) groups excluding carboxylic acids is 1. The quantitative estimate of drug-likeness (QED) is 0.705. The first kappa shape index (κ1) is 13.7. The third-order valence-corrected chi connectivity index (χ3v) is 3.75. The van der Waals surface area contributed by atoms with E-state index in [4.69, 9.17) is 0 Å². The van der Waals surface area contributed by atoms with E-state index in [-0.39, 0.29) is 35.0 Å². The van der Waals surface area contributed by atoms with Crippen LogP contribution in [0.15, 0.2) is 18.2 Å². The lowest BCUT2D eigenvalue weighted by molar-refractivity contribution is 0.0227. The van der Waals surface area contributed by atoms with Gasteiger partial charge in [-0.3, -0.25) is 4.79 Å². The maximum absolute atomic E-state index is 12.3. The van der Waals surface area contributed by atoms with Gasteiger partial charge in [0.2, 0.25) is 0 Å². The van der Waals surface area contributed by atoms with E-state index in [1.165, 1.54) is 18.2 Å². The van der Waals surface area contributed by atoms with Crippen molar-refractivity contribution in [2.24, 2.45) is 5.92 Å². The standard InChI is InChI=1S/C14H19NO4/c1-2-9-8-15(7-6-11(9)16)14(19)10-4-3-5-12(17)13(10)18/h3-5,9,11,16-18H,2,6-8H2,1H3. The lowest BCUT2D eigenvalue weighted by Crippen LogP contribution is -2.45. The molecule has 0 aliphatic carbocycles. The zero-order chi connectivity index (χ0) is 14.0. The van der Waals surface area contributed by atoms with Gasteiger partial charge in [0.15, 0.2) is 11.5 Å². The monoisotopic (exact) mass is 265 g/mol. The zero-order valence-corrected chi connectivity index (χ0v) is 10.9. The summed E-state index contributed by atoms with van der Waals surface area (Å²) in [5.74, 6) is -0.919. The summed E-state index contributed by atoms with van der Waals surface area (Å²) >= 11 is 0. The predicted octanol–water partition coefficient (Wildman–Crippen LogP) is 1.33. The van der Waals surface area contributed by atoms with Gasteiger partial charge in [-0.05, 0) is 25.0 Å². The van der Waals surface area contributed by atoms with Gasteiger partial charge in [0, 0.05) is 19.0 Å². The van der Waals surface area contributed by atoms with E-state index in [2.05, 4.69) is 0 Å². The highest BCUT2D eigenvalue weighted by Crippen LogP contribution is 2.30. The number of rotatable bonds is 2. The van der Waals surface area contributed by atoms with Gasteiger partial charge in [-0.15, -0.1) is 0 Å². The molecule has 3 N–H and O–H groups in total. The number of phenolic OH excluding ortho intramolecular Hbond substituents is 2. The SMILES string of the molecule is CCC1CN(C(=O)c2cccc(O)c2O)CCC1O. The predicted molar refractivity (Wildman–Crippen MR) is 70.1 cm³/mol. The number of nitrogens with zero attached hydrogens (tertiary/aromatic N) is 1. The summed E-state index contributed by atoms with van der Waals surface area (Å²) < 4.78 is 0. The second kappa shape index (κ2) is 5.48. The maximum Gasteiger partial charge on any atom is 0.257 e. The molecule has 0 aromatic heterocycles. The normalized spacial score (nSPS) is 23.4. The van der Waals surface area contributed by atoms with Crippen LogP contribution in [0.4, 0.5) is 0 Å². The van der Waals surface area contributed by atoms with Crippen LogP contribution >= 0.6 is 0 Å². The van der Waals surface area contributed by atoms with Crippen LogP contribution in [-0.2, 0) is 0 Å². The number of likely N-dealkylation sites (tertiary alicyclic amines) is 1. The second-order valence-electron chi connectivity index (χ2n) is 4.95. The lowest BCUT2D eigenvalue weighted by atomic mass is 9.92. The number of amides is 1. The third kappa shape index (κ3) is 2.66. The topological polar surface area (TPSA) is 81.0 Å². The molecular formula is C14H19NO4. The number of piperidine rings is 1. The largest absolute Gasteiger partial charge is 0.504 e. The maximum atomic E-state index is 12.3. The van der Waals surface area contributed by atoms with Gasteiger partial charge in [0.25, 0.3) is 5.91 Å². The Kier molecular flexibility index (Phi) is 3.95. The molecule has 2 rings (SSSR count). The zero-order valence-electron chi connectivity index (χ0n) is 10.9. The van der Waals surface area contributed by atoms with Crippen molar-refractivity contribution in [1.29, 1.82) is 0 Å². The minimum atomic E-state index is -0.383. The molecular weight excluding hydrogens is 246 g/mol. The molecule has 1 heterocycles. The Balaban J connectivity index is 2.18. The number of hydrogen-bond acceptors (Lipinski definition) is 4. The number of carbonyl (C=O) groups is 1. The summed E-state index contributed by atoms with van der Waals surface area (Å²) in [4.78, 5) is 13.9. The first-order chi connectivity index (χ1) is 9.04. The molecule has 1 aromatic carbocycles. The van der Waals surface area contributed by atoms with Crippen LogP contribution in [0.2, 0.25) is 0 Å². The Morgan fingerprint density at radius 2 is 2.16 bits per heavy atom. The number of phenols is 2. The van der Waals surface area contributed by atoms with E-state index in [0.29, 0.717) is 19.5 Å². The molecule has 0 bridgehead atoms. The first-order valence-electron chi connectivity index (χ1n) is 6.52. The molecule has 1 amide bonds. The van der Waals surface area contributed by atoms with Gasteiger partial charge in [-0.2, -0.15) is 0 Å². The fraction of sp³-hybridized carbons (Fsp3) is 0.500. The molecule has 0 spiro atoms. The lowest BCUT2D eigenvalue weighted by Gasteiger charge is -2.35. The Hall–Kier alpha value is -1.75. The van der Waals surface area contributed by atoms with Crippen molar-refractivity contribution in [2.45, 2.75) is 25.9 Å². The van der Waals surface area contributed by atoms with E-state index in [0.717, 1.165) is 6.42 Å². The molecule has 0 radical (unpaired) electrons. The molecule has 2 unspecified atom stereocenters. The molecule has 19 heavy (non-hydrogen) atoms. The Bertz CT molecular complexity index is 475. The van der Waals surface area contributed by atoms with Gasteiger partial charge >= 0.3 is 0 Å². The van der Waals surface area contributed by atoms with E-state index in [1.807, 2.05) is 6.92 Å². The number of hydrogen-bond donors (Lipinski definition) is 3. The molecule has 104 valence electrons. The second-order valence-corrected chi connectivity index (χ2v) is 4.95. The van der Waals surface area contributed by atoms with E-state index >= 15 is 0 Å². The number of para-hydroxylation sites is 1. The fourth-order valence-corrected chi connectivity index (χ4v) is 2.48. The highest BCUT2D eigenvalue weighted by molar-refractivity contribution is 5.97. The van der Waals surface area contributed by atoms with Crippen LogP contribution in [-0.4, -0.2) is 45.3 Å². The van der Waals surface area contributed by atoms with Gasteiger partial charge in [0.1, 0.15) is 0 Å². The summed E-state index contributed by atoms with van der Waals surface area (Å²) in [6, 6.07) is 4.35. The van der Waals surface area contributed by atoms with Gasteiger partial charge in [-0.25, -0.2) is 0 Å². The summed E-state index contributed by atoms with van der Waals surface area (Å²) in [6.07, 6.45) is 0.979. The Morgan fingerprint density at radius 1 is 1.42 bits per heavy atom. The molecule has 1 aromatic rings. The molecule has 1 aliphatic rings. The number of aliphatic hydroxyl groups is 1. The molecule has 5 nitrogen and oxygen atoms in total. The summed E-state index contributed by atoms with van der Waals surface area (Å²) in [7, 11) is 0. The van der Waals surface area contributed by atoms with Crippen LogP contribution in [0.5, 0.6) is 11.5 Å². The van der Waals surface area contributed by atoms with Crippen molar-refractivity contribution in [3.63, 3.8) is 0 Å². The summed E-state index contributed by atoms with van der Waals surface area (Å²) in [5, 5.41) is 29.0. The molecule has 1 aliphatic heterocycles. The average Bonchev–Trinajstić information content (AvgIpc) is 2.41. The van der Waals surface area contributed by atoms with Gasteiger partial charge in [-0.1, -0.05) is 13.0 Å².